The van der Waals surface area contributed by atoms with E-state index in [9.17, 15) is 0 Å². The minimum Gasteiger partial charge on any atom is -0.439 e. The van der Waals surface area contributed by atoms with E-state index in [0.29, 0.717) is 22.3 Å². The van der Waals surface area contributed by atoms with Gasteiger partial charge in [0.1, 0.15) is 11.8 Å². The second-order valence-corrected chi connectivity index (χ2v) is 3.69. The zero-order chi connectivity index (χ0) is 12.3. The lowest BCUT2D eigenvalue weighted by atomic mass is 10.3. The van der Waals surface area contributed by atoms with E-state index >= 15 is 0 Å². The van der Waals surface area contributed by atoms with Gasteiger partial charge in [-0.3, -0.25) is 0 Å². The second-order valence-electron chi connectivity index (χ2n) is 3.26. The Morgan fingerprint density at radius 1 is 1.18 bits per heavy atom. The van der Waals surface area contributed by atoms with Crippen LogP contribution in [0.15, 0.2) is 36.4 Å². The van der Waals surface area contributed by atoms with Crippen LogP contribution >= 0.6 is 11.6 Å². The van der Waals surface area contributed by atoms with Gasteiger partial charge in [-0.05, 0) is 30.3 Å². The third-order valence-electron chi connectivity index (χ3n) is 2.04. The lowest BCUT2D eigenvalue weighted by molar-refractivity contribution is 0.462. The summed E-state index contributed by atoms with van der Waals surface area (Å²) in [6.07, 6.45) is 0. The predicted octanol–water partition coefficient (Wildman–Crippen LogP) is 2.98. The summed E-state index contributed by atoms with van der Waals surface area (Å²) in [5.74, 6) is 0.911. The summed E-state index contributed by atoms with van der Waals surface area (Å²) in [4.78, 5) is 3.97. The SMILES string of the molecule is N#Cc1nc(Oc2ccc(Cl)cc2)ccc1N. The van der Waals surface area contributed by atoms with Crippen LogP contribution in [0, 0.1) is 11.3 Å². The van der Waals surface area contributed by atoms with Gasteiger partial charge >= 0.3 is 0 Å². The summed E-state index contributed by atoms with van der Waals surface area (Å²) in [6.45, 7) is 0. The Bertz CT molecular complexity index is 575. The highest BCUT2D eigenvalue weighted by Crippen LogP contribution is 2.22. The molecule has 0 atom stereocenters. The van der Waals surface area contributed by atoms with Crippen LogP contribution < -0.4 is 10.5 Å². The van der Waals surface area contributed by atoms with Gasteiger partial charge in [-0.25, -0.2) is 4.98 Å². The number of halogens is 1. The van der Waals surface area contributed by atoms with E-state index in [1.54, 1.807) is 36.4 Å². The van der Waals surface area contributed by atoms with Crippen LogP contribution in [0.3, 0.4) is 0 Å². The van der Waals surface area contributed by atoms with Crippen molar-refractivity contribution >= 4 is 17.3 Å². The number of anilines is 1. The molecule has 5 heteroatoms. The Morgan fingerprint density at radius 2 is 1.88 bits per heavy atom. The quantitative estimate of drug-likeness (QED) is 0.883. The first kappa shape index (κ1) is 11.2. The molecule has 0 saturated heterocycles. The average Bonchev–Trinajstić information content (AvgIpc) is 2.34. The lowest BCUT2D eigenvalue weighted by Gasteiger charge is -2.05. The molecule has 0 aliphatic carbocycles. The predicted molar refractivity (Wildman–Crippen MR) is 64.9 cm³/mol. The van der Waals surface area contributed by atoms with Gasteiger partial charge in [-0.2, -0.15) is 5.26 Å². The first-order chi connectivity index (χ1) is 8.19. The van der Waals surface area contributed by atoms with E-state index in [1.165, 1.54) is 0 Å². The minimum absolute atomic E-state index is 0.150. The van der Waals surface area contributed by atoms with Crippen molar-refractivity contribution in [3.63, 3.8) is 0 Å². The topological polar surface area (TPSA) is 71.9 Å². The monoisotopic (exact) mass is 245 g/mol. The van der Waals surface area contributed by atoms with Crippen LogP contribution in [-0.2, 0) is 0 Å². The zero-order valence-electron chi connectivity index (χ0n) is 8.72. The highest BCUT2D eigenvalue weighted by atomic mass is 35.5. The second kappa shape index (κ2) is 4.73. The number of hydrogen-bond donors (Lipinski definition) is 1. The fourth-order valence-electron chi connectivity index (χ4n) is 1.22. The molecule has 0 unspecified atom stereocenters. The molecule has 1 aromatic carbocycles. The molecule has 1 heterocycles. The van der Waals surface area contributed by atoms with Crippen molar-refractivity contribution in [3.05, 3.63) is 47.1 Å². The summed E-state index contributed by atoms with van der Waals surface area (Å²) in [7, 11) is 0. The molecule has 1 aromatic heterocycles. The van der Waals surface area contributed by atoms with E-state index in [0.717, 1.165) is 0 Å². The molecular formula is C12H8ClN3O. The molecular weight excluding hydrogens is 238 g/mol. The highest BCUT2D eigenvalue weighted by Gasteiger charge is 2.04. The number of hydrogen-bond acceptors (Lipinski definition) is 4. The number of pyridine rings is 1. The number of ether oxygens (including phenoxy) is 1. The zero-order valence-corrected chi connectivity index (χ0v) is 9.48. The van der Waals surface area contributed by atoms with Crippen molar-refractivity contribution in [2.45, 2.75) is 0 Å². The van der Waals surface area contributed by atoms with Gasteiger partial charge in [-0.15, -0.1) is 0 Å². The number of aromatic nitrogens is 1. The Morgan fingerprint density at radius 3 is 2.53 bits per heavy atom. The molecule has 0 amide bonds. The molecule has 2 rings (SSSR count). The Kier molecular flexibility index (Phi) is 3.12. The van der Waals surface area contributed by atoms with Gasteiger partial charge in [0.25, 0.3) is 0 Å². The number of nitrogens with two attached hydrogens (primary N) is 1. The normalized spacial score (nSPS) is 9.65. The summed E-state index contributed by atoms with van der Waals surface area (Å²) in [6, 6.07) is 11.9. The Hall–Kier alpha value is -2.25. The molecule has 4 nitrogen and oxygen atoms in total. The number of rotatable bonds is 2. The highest BCUT2D eigenvalue weighted by molar-refractivity contribution is 6.30. The van der Waals surface area contributed by atoms with Crippen molar-refractivity contribution in [2.24, 2.45) is 0 Å². The van der Waals surface area contributed by atoms with Crippen LogP contribution in [0.1, 0.15) is 5.69 Å². The molecule has 0 aliphatic heterocycles. The molecule has 2 N–H and O–H groups in total. The fraction of sp³-hybridized carbons (Fsp3) is 0. The summed E-state index contributed by atoms with van der Waals surface area (Å²) in [5, 5.41) is 9.41. The summed E-state index contributed by atoms with van der Waals surface area (Å²) in [5.41, 5.74) is 6.03. The minimum atomic E-state index is 0.150. The number of benzene rings is 1. The van der Waals surface area contributed by atoms with Crippen molar-refractivity contribution in [1.82, 2.24) is 4.98 Å². The maximum atomic E-state index is 8.78. The van der Waals surface area contributed by atoms with Crippen molar-refractivity contribution in [2.75, 3.05) is 5.73 Å². The summed E-state index contributed by atoms with van der Waals surface area (Å²) < 4.78 is 5.45. The van der Waals surface area contributed by atoms with Crippen molar-refractivity contribution in [1.29, 1.82) is 5.26 Å². The van der Waals surface area contributed by atoms with E-state index < -0.39 is 0 Å². The van der Waals surface area contributed by atoms with Crippen LogP contribution in [0.2, 0.25) is 5.02 Å². The van der Waals surface area contributed by atoms with E-state index in [1.807, 2.05) is 6.07 Å². The van der Waals surface area contributed by atoms with Crippen LogP contribution in [-0.4, -0.2) is 4.98 Å². The Labute approximate surface area is 103 Å². The molecule has 0 fully saturated rings. The molecule has 0 saturated carbocycles. The molecule has 2 aromatic rings. The number of nitriles is 1. The summed E-state index contributed by atoms with van der Waals surface area (Å²) >= 11 is 5.75. The molecule has 0 radical (unpaired) electrons. The third-order valence-corrected chi connectivity index (χ3v) is 2.29. The van der Waals surface area contributed by atoms with E-state index in [2.05, 4.69) is 4.98 Å². The van der Waals surface area contributed by atoms with Crippen molar-refractivity contribution in [3.8, 4) is 17.7 Å². The maximum absolute atomic E-state index is 8.78. The molecule has 17 heavy (non-hydrogen) atoms. The average molecular weight is 246 g/mol. The molecule has 0 bridgehead atoms. The lowest BCUT2D eigenvalue weighted by Crippen LogP contribution is -1.95. The van der Waals surface area contributed by atoms with Crippen LogP contribution in [0.25, 0.3) is 0 Å². The van der Waals surface area contributed by atoms with Gasteiger partial charge in [0, 0.05) is 11.1 Å². The largest absolute Gasteiger partial charge is 0.439 e. The van der Waals surface area contributed by atoms with Gasteiger partial charge in [-0.1, -0.05) is 11.6 Å². The first-order valence-corrected chi connectivity index (χ1v) is 5.17. The van der Waals surface area contributed by atoms with Gasteiger partial charge in [0.2, 0.25) is 5.88 Å². The molecule has 84 valence electrons. The van der Waals surface area contributed by atoms with Gasteiger partial charge < -0.3 is 10.5 Å². The van der Waals surface area contributed by atoms with Crippen LogP contribution in [0.5, 0.6) is 11.6 Å². The number of nitrogen functional groups attached to an aromatic ring is 1. The molecule has 0 spiro atoms. The smallest absolute Gasteiger partial charge is 0.220 e. The van der Waals surface area contributed by atoms with E-state index in [4.69, 9.17) is 27.3 Å². The van der Waals surface area contributed by atoms with Gasteiger partial charge in [0.05, 0.1) is 5.69 Å². The van der Waals surface area contributed by atoms with Crippen molar-refractivity contribution < 1.29 is 4.74 Å². The third kappa shape index (κ3) is 2.65. The van der Waals surface area contributed by atoms with Crippen LogP contribution in [0.4, 0.5) is 5.69 Å². The van der Waals surface area contributed by atoms with E-state index in [-0.39, 0.29) is 5.69 Å². The standard InChI is InChI=1S/C12H8ClN3O/c13-8-1-3-9(4-2-8)17-12-6-5-10(15)11(7-14)16-12/h1-6H,15H2. The Balaban J connectivity index is 2.25. The molecule has 0 aliphatic rings. The number of nitrogens with zero attached hydrogens (tertiary/aromatic N) is 2. The first-order valence-electron chi connectivity index (χ1n) is 4.79. The maximum Gasteiger partial charge on any atom is 0.220 e. The van der Waals surface area contributed by atoms with Gasteiger partial charge in [0.15, 0.2) is 5.69 Å². The fourth-order valence-corrected chi connectivity index (χ4v) is 1.35.